The zero-order chi connectivity index (χ0) is 34.4. The predicted octanol–water partition coefficient (Wildman–Crippen LogP) is 10.5. The molecule has 1 unspecified atom stereocenters. The Morgan fingerprint density at radius 2 is 1.41 bits per heavy atom. The van der Waals surface area contributed by atoms with E-state index in [9.17, 15) is 4.79 Å². The summed E-state index contributed by atoms with van der Waals surface area (Å²) in [7, 11) is 0. The van der Waals surface area contributed by atoms with Gasteiger partial charge < -0.3 is 18.3 Å². The second-order valence-corrected chi connectivity index (χ2v) is 17.5. The summed E-state index contributed by atoms with van der Waals surface area (Å²) in [5.74, 6) is 2.44. The van der Waals surface area contributed by atoms with Crippen LogP contribution >= 0.6 is 0 Å². The molecule has 1 aromatic heterocycles. The van der Waals surface area contributed by atoms with Crippen molar-refractivity contribution < 1.29 is 18.3 Å². The van der Waals surface area contributed by atoms with E-state index in [1.807, 2.05) is 6.92 Å². The number of hydrogen-bond donors (Lipinski definition) is 0. The van der Waals surface area contributed by atoms with Crippen molar-refractivity contribution >= 4 is 0 Å². The lowest BCUT2D eigenvalue weighted by Gasteiger charge is -2.33. The highest BCUT2D eigenvalue weighted by Crippen LogP contribution is 2.37. The quantitative estimate of drug-likeness (QED) is 0.304. The van der Waals surface area contributed by atoms with Crippen LogP contribution in [0.5, 0.6) is 0 Å². The number of ether oxygens (including phenoxy) is 2. The van der Waals surface area contributed by atoms with E-state index >= 15 is 0 Å². The standard InChI is InChI=1S/C10H21NO.C10H20.C9H14O3.C9H18O/c1-10(2,3)4-5-11-6-8-12-9-7-11;1-10(2,3)9-7-5-4-6-8-9;1-6-7(5-9(2,3)4)12-8(10)11-6;1-7(2)10-8(3)9(4,5)6/h4-9H2,1-3H3;9H,4-8H2,1-3H3;5H2,1-4H3;8H,1H2,2-6H3. The molecule has 0 spiro atoms. The molecule has 1 aromatic rings. The fourth-order valence-corrected chi connectivity index (χ4v) is 4.78. The maximum absolute atomic E-state index is 10.7. The predicted molar refractivity (Wildman–Crippen MR) is 187 cm³/mol. The Bertz CT molecular complexity index is 950. The average molecular weight is 624 g/mol. The van der Waals surface area contributed by atoms with Crippen molar-refractivity contribution in [2.24, 2.45) is 27.6 Å². The zero-order valence-corrected chi connectivity index (χ0v) is 31.8. The summed E-state index contributed by atoms with van der Waals surface area (Å²) in [6, 6.07) is 0. The van der Waals surface area contributed by atoms with E-state index < -0.39 is 5.82 Å². The molecule has 1 atom stereocenters. The van der Waals surface area contributed by atoms with Gasteiger partial charge in [-0.2, -0.15) is 0 Å². The van der Waals surface area contributed by atoms with Crippen LogP contribution in [0.2, 0.25) is 0 Å². The first-order valence-electron chi connectivity index (χ1n) is 17.1. The number of allylic oxidation sites excluding steroid dienone is 1. The van der Waals surface area contributed by atoms with Crippen molar-refractivity contribution in [1.82, 2.24) is 4.90 Å². The molecule has 2 aliphatic rings. The maximum atomic E-state index is 10.7. The summed E-state index contributed by atoms with van der Waals surface area (Å²) in [5, 5.41) is 0. The fraction of sp³-hybridized carbons (Fsp3) is 0.868. The van der Waals surface area contributed by atoms with Gasteiger partial charge in [0.25, 0.3) is 0 Å². The highest BCUT2D eigenvalue weighted by molar-refractivity contribution is 5.02. The number of hydrogen-bond acceptors (Lipinski definition) is 6. The Labute approximate surface area is 272 Å². The second kappa shape index (κ2) is 19.2. The van der Waals surface area contributed by atoms with Crippen molar-refractivity contribution in [2.75, 3.05) is 32.8 Å². The van der Waals surface area contributed by atoms with Gasteiger partial charge in [0.05, 0.1) is 19.0 Å². The first-order valence-corrected chi connectivity index (χ1v) is 17.1. The third-order valence-electron chi connectivity index (χ3n) is 8.24. The van der Waals surface area contributed by atoms with Crippen LogP contribution < -0.4 is 5.82 Å². The first-order chi connectivity index (χ1) is 19.9. The number of morpholine rings is 1. The maximum Gasteiger partial charge on any atom is 0.519 e. The van der Waals surface area contributed by atoms with E-state index in [0.29, 0.717) is 22.4 Å². The normalized spacial score (nSPS) is 17.6. The largest absolute Gasteiger partial charge is 0.519 e. The third-order valence-corrected chi connectivity index (χ3v) is 8.24. The van der Waals surface area contributed by atoms with Gasteiger partial charge in [0.2, 0.25) is 0 Å². The number of aryl methyl sites for hydroxylation is 1. The highest BCUT2D eigenvalue weighted by atomic mass is 16.6. The molecular formula is C38H73NO5. The lowest BCUT2D eigenvalue weighted by Crippen LogP contribution is -2.37. The van der Waals surface area contributed by atoms with E-state index in [0.717, 1.165) is 44.4 Å². The SMILES string of the molecule is C=C(C)OC(C)C(C)(C)C.CC(C)(C)C1CCCCC1.CC(C)(C)CCN1CCOCC1.Cc1oc(=O)oc1CC(C)(C)C. The molecule has 0 aromatic carbocycles. The molecule has 0 amide bonds. The van der Waals surface area contributed by atoms with Crippen molar-refractivity contribution in [3.8, 4) is 0 Å². The van der Waals surface area contributed by atoms with Gasteiger partial charge in [0.1, 0.15) is 17.6 Å². The van der Waals surface area contributed by atoms with Crippen molar-refractivity contribution in [3.63, 3.8) is 0 Å². The molecule has 6 nitrogen and oxygen atoms in total. The lowest BCUT2D eigenvalue weighted by atomic mass is 9.72. The molecule has 44 heavy (non-hydrogen) atoms. The van der Waals surface area contributed by atoms with Crippen LogP contribution in [-0.2, 0) is 15.9 Å². The van der Waals surface area contributed by atoms with Gasteiger partial charge >= 0.3 is 5.82 Å². The van der Waals surface area contributed by atoms with E-state index in [1.54, 1.807) is 6.92 Å². The van der Waals surface area contributed by atoms with E-state index in [4.69, 9.17) is 18.3 Å². The van der Waals surface area contributed by atoms with Gasteiger partial charge in [-0.05, 0) is 74.2 Å². The zero-order valence-electron chi connectivity index (χ0n) is 31.8. The summed E-state index contributed by atoms with van der Waals surface area (Å²) in [6.45, 7) is 41.4. The van der Waals surface area contributed by atoms with E-state index in [2.05, 4.69) is 101 Å². The van der Waals surface area contributed by atoms with Gasteiger partial charge in [-0.1, -0.05) is 109 Å². The van der Waals surface area contributed by atoms with Crippen molar-refractivity contribution in [1.29, 1.82) is 0 Å². The van der Waals surface area contributed by atoms with E-state index in [-0.39, 0.29) is 16.9 Å². The molecule has 1 aliphatic carbocycles. The average Bonchev–Trinajstić information content (AvgIpc) is 3.18. The third kappa shape index (κ3) is 22.1. The smallest absolute Gasteiger partial charge is 0.495 e. The van der Waals surface area contributed by atoms with Gasteiger partial charge in [0.15, 0.2) is 0 Å². The molecule has 1 aliphatic heterocycles. The lowest BCUT2D eigenvalue weighted by molar-refractivity contribution is 0.0333. The number of nitrogens with zero attached hydrogens (tertiary/aromatic N) is 1. The summed E-state index contributed by atoms with van der Waals surface area (Å²) in [4.78, 5) is 13.2. The van der Waals surface area contributed by atoms with Crippen LogP contribution in [0.3, 0.4) is 0 Å². The minimum absolute atomic E-state index is 0.116. The monoisotopic (exact) mass is 624 g/mol. The Balaban J connectivity index is 0.000000563. The van der Waals surface area contributed by atoms with Crippen molar-refractivity contribution in [3.05, 3.63) is 34.5 Å². The van der Waals surface area contributed by atoms with Crippen LogP contribution in [0.15, 0.2) is 26.0 Å². The molecular weight excluding hydrogens is 550 g/mol. The van der Waals surface area contributed by atoms with Crippen LogP contribution in [-0.4, -0.2) is 43.9 Å². The Kier molecular flexibility index (Phi) is 18.5. The number of rotatable bonds is 5. The Hall–Kier alpha value is -1.53. The molecule has 0 bridgehead atoms. The Morgan fingerprint density at radius 1 is 0.886 bits per heavy atom. The summed E-state index contributed by atoms with van der Waals surface area (Å²) in [5.41, 5.74) is 1.36. The summed E-state index contributed by atoms with van der Waals surface area (Å²) >= 11 is 0. The van der Waals surface area contributed by atoms with E-state index in [1.165, 1.54) is 45.1 Å². The highest BCUT2D eigenvalue weighted by Gasteiger charge is 2.25. The van der Waals surface area contributed by atoms with Gasteiger partial charge in [-0.25, -0.2) is 4.79 Å². The molecule has 0 radical (unpaired) electrons. The fourth-order valence-electron chi connectivity index (χ4n) is 4.78. The molecule has 0 N–H and O–H groups in total. The van der Waals surface area contributed by atoms with Gasteiger partial charge in [0, 0.05) is 19.5 Å². The second-order valence-electron chi connectivity index (χ2n) is 17.5. The molecule has 3 rings (SSSR count). The molecule has 2 fully saturated rings. The van der Waals surface area contributed by atoms with Gasteiger partial charge in [-0.15, -0.1) is 0 Å². The van der Waals surface area contributed by atoms with Crippen LogP contribution in [0, 0.1) is 34.5 Å². The molecule has 1 saturated carbocycles. The molecule has 6 heteroatoms. The first kappa shape index (κ1) is 42.5. The molecule has 2 heterocycles. The van der Waals surface area contributed by atoms with Crippen LogP contribution in [0.1, 0.15) is 147 Å². The van der Waals surface area contributed by atoms with Crippen molar-refractivity contribution in [2.45, 2.75) is 155 Å². The van der Waals surface area contributed by atoms with Crippen LogP contribution in [0.4, 0.5) is 0 Å². The Morgan fingerprint density at radius 3 is 1.73 bits per heavy atom. The van der Waals surface area contributed by atoms with Crippen LogP contribution in [0.25, 0.3) is 0 Å². The molecule has 1 saturated heterocycles. The summed E-state index contributed by atoms with van der Waals surface area (Å²) in [6.07, 6.45) is 9.63. The topological polar surface area (TPSA) is 65.1 Å². The minimum atomic E-state index is -0.605. The molecule has 260 valence electrons. The summed E-state index contributed by atoms with van der Waals surface area (Å²) < 4.78 is 20.3. The van der Waals surface area contributed by atoms with Gasteiger partial charge in [-0.3, -0.25) is 4.90 Å². The minimum Gasteiger partial charge on any atom is -0.495 e.